The van der Waals surface area contributed by atoms with Crippen molar-refractivity contribution in [1.82, 2.24) is 0 Å². The molecule has 0 aromatic heterocycles. The second-order valence-corrected chi connectivity index (χ2v) is 3.66. The van der Waals surface area contributed by atoms with Gasteiger partial charge >= 0.3 is 0 Å². The minimum atomic E-state index is 0.600. The molecular formula is C13H20O. The van der Waals surface area contributed by atoms with Crippen LogP contribution in [0.3, 0.4) is 0 Å². The van der Waals surface area contributed by atoms with Crippen LogP contribution in [0.4, 0.5) is 0 Å². The molecule has 0 aliphatic carbocycles. The molecule has 0 aliphatic rings. The van der Waals surface area contributed by atoms with Crippen molar-refractivity contribution >= 4 is 0 Å². The molecule has 0 aliphatic heterocycles. The summed E-state index contributed by atoms with van der Waals surface area (Å²) >= 11 is 0. The minimum absolute atomic E-state index is 0.600. The first-order valence-corrected chi connectivity index (χ1v) is 5.51. The second kappa shape index (κ2) is 5.69. The molecule has 0 saturated carbocycles. The van der Waals surface area contributed by atoms with E-state index in [4.69, 9.17) is 4.74 Å². The van der Waals surface area contributed by atoms with Gasteiger partial charge in [-0.2, -0.15) is 0 Å². The molecule has 78 valence electrons. The van der Waals surface area contributed by atoms with E-state index in [1.165, 1.54) is 18.4 Å². The largest absolute Gasteiger partial charge is 0.494 e. The van der Waals surface area contributed by atoms with E-state index < -0.39 is 0 Å². The van der Waals surface area contributed by atoms with Crippen LogP contribution in [-0.4, -0.2) is 6.61 Å². The van der Waals surface area contributed by atoms with Gasteiger partial charge in [0.15, 0.2) is 0 Å². The lowest BCUT2D eigenvalue weighted by atomic mass is 9.96. The summed E-state index contributed by atoms with van der Waals surface area (Å²) in [6.45, 7) is 7.26. The van der Waals surface area contributed by atoms with Gasteiger partial charge in [0.2, 0.25) is 0 Å². The lowest BCUT2D eigenvalue weighted by Gasteiger charge is -2.15. The van der Waals surface area contributed by atoms with Gasteiger partial charge in [0.25, 0.3) is 0 Å². The highest BCUT2D eigenvalue weighted by Crippen LogP contribution is 2.29. The Balaban J connectivity index is 2.82. The Hall–Kier alpha value is -0.980. The molecule has 0 amide bonds. The Morgan fingerprint density at radius 1 is 1.21 bits per heavy atom. The van der Waals surface area contributed by atoms with Crippen LogP contribution >= 0.6 is 0 Å². The Morgan fingerprint density at radius 2 is 1.93 bits per heavy atom. The average Bonchev–Trinajstić information content (AvgIpc) is 2.19. The quantitative estimate of drug-likeness (QED) is 0.685. The highest BCUT2D eigenvalue weighted by atomic mass is 16.5. The molecule has 1 nitrogen and oxygen atoms in total. The maximum Gasteiger partial charge on any atom is 0.122 e. The predicted molar refractivity (Wildman–Crippen MR) is 60.9 cm³/mol. The molecular weight excluding hydrogens is 172 g/mol. The molecule has 0 radical (unpaired) electrons. The predicted octanol–water partition coefficient (Wildman–Crippen LogP) is 3.99. The zero-order valence-electron chi connectivity index (χ0n) is 9.42. The second-order valence-electron chi connectivity index (χ2n) is 3.66. The molecule has 0 fully saturated rings. The number of hydrogen-bond donors (Lipinski definition) is 0. The normalized spacial score (nSPS) is 12.5. The van der Waals surface area contributed by atoms with Crippen molar-refractivity contribution in [2.24, 2.45) is 0 Å². The van der Waals surface area contributed by atoms with E-state index in [0.29, 0.717) is 5.92 Å². The van der Waals surface area contributed by atoms with Gasteiger partial charge in [-0.25, -0.2) is 0 Å². The Kier molecular flexibility index (Phi) is 4.51. The third-order valence-corrected chi connectivity index (χ3v) is 2.47. The van der Waals surface area contributed by atoms with E-state index in [2.05, 4.69) is 32.0 Å². The summed E-state index contributed by atoms with van der Waals surface area (Å²) in [5.41, 5.74) is 1.34. The van der Waals surface area contributed by atoms with Crippen molar-refractivity contribution in [3.8, 4) is 5.75 Å². The van der Waals surface area contributed by atoms with Gasteiger partial charge in [0.1, 0.15) is 5.75 Å². The van der Waals surface area contributed by atoms with Crippen LogP contribution in [0.2, 0.25) is 0 Å². The Bertz CT molecular complexity index is 268. The molecule has 1 aromatic carbocycles. The first-order chi connectivity index (χ1) is 6.79. The van der Waals surface area contributed by atoms with Crippen molar-refractivity contribution in [1.29, 1.82) is 0 Å². The van der Waals surface area contributed by atoms with E-state index >= 15 is 0 Å². The van der Waals surface area contributed by atoms with Crippen molar-refractivity contribution in [3.63, 3.8) is 0 Å². The number of rotatable bonds is 5. The fourth-order valence-electron chi connectivity index (χ4n) is 1.76. The topological polar surface area (TPSA) is 9.23 Å². The highest BCUT2D eigenvalue weighted by Gasteiger charge is 2.09. The van der Waals surface area contributed by atoms with Gasteiger partial charge in [0, 0.05) is 0 Å². The van der Waals surface area contributed by atoms with Crippen molar-refractivity contribution < 1.29 is 4.74 Å². The van der Waals surface area contributed by atoms with Gasteiger partial charge < -0.3 is 4.74 Å². The fraction of sp³-hybridized carbons (Fsp3) is 0.538. The van der Waals surface area contributed by atoms with Crippen LogP contribution in [-0.2, 0) is 0 Å². The standard InChI is InChI=1S/C13H20O/c1-4-8-11(3)12-9-6-7-10-13(12)14-5-2/h6-7,9-11H,4-5,8H2,1-3H3. The van der Waals surface area contributed by atoms with Crippen molar-refractivity contribution in [2.75, 3.05) is 6.61 Å². The maximum absolute atomic E-state index is 5.60. The van der Waals surface area contributed by atoms with Crippen molar-refractivity contribution in [2.45, 2.75) is 39.5 Å². The highest BCUT2D eigenvalue weighted by molar-refractivity contribution is 5.35. The molecule has 14 heavy (non-hydrogen) atoms. The number of hydrogen-bond acceptors (Lipinski definition) is 1. The molecule has 1 aromatic rings. The molecule has 0 heterocycles. The van der Waals surface area contributed by atoms with Gasteiger partial charge in [-0.05, 0) is 30.9 Å². The molecule has 0 spiro atoms. The number of ether oxygens (including phenoxy) is 1. The van der Waals surface area contributed by atoms with Gasteiger partial charge in [0.05, 0.1) is 6.61 Å². The first-order valence-electron chi connectivity index (χ1n) is 5.51. The van der Waals surface area contributed by atoms with Crippen LogP contribution in [0, 0.1) is 0 Å². The van der Waals surface area contributed by atoms with E-state index in [1.807, 2.05) is 13.0 Å². The van der Waals surface area contributed by atoms with Crippen LogP contribution in [0.25, 0.3) is 0 Å². The third-order valence-electron chi connectivity index (χ3n) is 2.47. The molecule has 0 N–H and O–H groups in total. The van der Waals surface area contributed by atoms with Gasteiger partial charge in [-0.3, -0.25) is 0 Å². The van der Waals surface area contributed by atoms with Gasteiger partial charge in [-0.15, -0.1) is 0 Å². The summed E-state index contributed by atoms with van der Waals surface area (Å²) in [5, 5.41) is 0. The summed E-state index contributed by atoms with van der Waals surface area (Å²) < 4.78 is 5.60. The van der Waals surface area contributed by atoms with Gasteiger partial charge in [-0.1, -0.05) is 38.5 Å². The molecule has 0 saturated heterocycles. The smallest absolute Gasteiger partial charge is 0.122 e. The summed E-state index contributed by atoms with van der Waals surface area (Å²) in [5.74, 6) is 1.65. The van der Waals surface area contributed by atoms with E-state index in [0.717, 1.165) is 12.4 Å². The summed E-state index contributed by atoms with van der Waals surface area (Å²) in [4.78, 5) is 0. The minimum Gasteiger partial charge on any atom is -0.494 e. The molecule has 1 unspecified atom stereocenters. The lowest BCUT2D eigenvalue weighted by Crippen LogP contribution is -1.99. The fourth-order valence-corrected chi connectivity index (χ4v) is 1.76. The number of benzene rings is 1. The first kappa shape index (κ1) is 11.1. The third kappa shape index (κ3) is 2.76. The Labute approximate surface area is 87.1 Å². The molecule has 1 heteroatoms. The van der Waals surface area contributed by atoms with Crippen LogP contribution in [0.1, 0.15) is 45.1 Å². The molecule has 1 rings (SSSR count). The zero-order valence-corrected chi connectivity index (χ0v) is 9.42. The maximum atomic E-state index is 5.60. The monoisotopic (exact) mass is 192 g/mol. The number of para-hydroxylation sites is 1. The van der Waals surface area contributed by atoms with E-state index in [1.54, 1.807) is 0 Å². The van der Waals surface area contributed by atoms with E-state index in [9.17, 15) is 0 Å². The van der Waals surface area contributed by atoms with Crippen molar-refractivity contribution in [3.05, 3.63) is 29.8 Å². The molecule has 0 bridgehead atoms. The summed E-state index contributed by atoms with van der Waals surface area (Å²) in [6, 6.07) is 8.35. The zero-order chi connectivity index (χ0) is 10.4. The summed E-state index contributed by atoms with van der Waals surface area (Å²) in [6.07, 6.45) is 2.45. The summed E-state index contributed by atoms with van der Waals surface area (Å²) in [7, 11) is 0. The van der Waals surface area contributed by atoms with Crippen LogP contribution in [0.15, 0.2) is 24.3 Å². The van der Waals surface area contributed by atoms with E-state index in [-0.39, 0.29) is 0 Å². The average molecular weight is 192 g/mol. The van der Waals surface area contributed by atoms with Crippen LogP contribution in [0.5, 0.6) is 5.75 Å². The van der Waals surface area contributed by atoms with Crippen LogP contribution < -0.4 is 4.74 Å². The Morgan fingerprint density at radius 3 is 2.57 bits per heavy atom. The lowest BCUT2D eigenvalue weighted by molar-refractivity contribution is 0.334. The molecule has 1 atom stereocenters. The SMILES string of the molecule is CCCC(C)c1ccccc1OCC.